The Bertz CT molecular complexity index is 1010. The van der Waals surface area contributed by atoms with E-state index in [-0.39, 0.29) is 11.8 Å². The van der Waals surface area contributed by atoms with Crippen molar-refractivity contribution >= 4 is 40.0 Å². The number of carbonyl (C=O) groups is 2. The second kappa shape index (κ2) is 9.14. The number of nitrogens with one attached hydrogen (secondary N) is 1. The van der Waals surface area contributed by atoms with Crippen LogP contribution in [-0.2, 0) is 10.5 Å². The maximum atomic E-state index is 12.7. The Morgan fingerprint density at radius 2 is 1.76 bits per heavy atom. The molecule has 0 aliphatic carbocycles. The van der Waals surface area contributed by atoms with Gasteiger partial charge in [0, 0.05) is 42.0 Å². The summed E-state index contributed by atoms with van der Waals surface area (Å²) in [5, 5.41) is 5.09. The van der Waals surface area contributed by atoms with E-state index in [1.54, 1.807) is 4.90 Å². The quantitative estimate of drug-likeness (QED) is 0.529. The van der Waals surface area contributed by atoms with Crippen molar-refractivity contribution in [2.24, 2.45) is 0 Å². The van der Waals surface area contributed by atoms with Crippen molar-refractivity contribution in [3.8, 4) is 0 Å². The van der Waals surface area contributed by atoms with Gasteiger partial charge < -0.3 is 10.2 Å². The van der Waals surface area contributed by atoms with E-state index in [9.17, 15) is 9.59 Å². The third-order valence-corrected chi connectivity index (χ3v) is 6.14. The number of benzene rings is 3. The standard InChI is InChI=1S/C24H24N2O2S/c27-22(25-14-16-29-17-18-7-2-1-3-8-18)13-6-15-26-21-12-5-10-19-9-4-11-20(23(19)21)24(26)28/h1-5,7-12H,6,13-17H2,(H,25,27). The van der Waals surface area contributed by atoms with Gasteiger partial charge in [0.2, 0.25) is 5.91 Å². The lowest BCUT2D eigenvalue weighted by atomic mass is 10.1. The van der Waals surface area contributed by atoms with Gasteiger partial charge in [-0.25, -0.2) is 0 Å². The van der Waals surface area contributed by atoms with Crippen LogP contribution < -0.4 is 10.2 Å². The second-order valence-corrected chi connectivity index (χ2v) is 8.23. The van der Waals surface area contributed by atoms with E-state index < -0.39 is 0 Å². The molecule has 3 aromatic rings. The van der Waals surface area contributed by atoms with Gasteiger partial charge in [0.15, 0.2) is 0 Å². The fourth-order valence-corrected chi connectivity index (χ4v) is 4.53. The Hall–Kier alpha value is -2.79. The van der Waals surface area contributed by atoms with Crippen molar-refractivity contribution in [3.63, 3.8) is 0 Å². The number of hydrogen-bond donors (Lipinski definition) is 1. The van der Waals surface area contributed by atoms with Gasteiger partial charge >= 0.3 is 0 Å². The first-order valence-corrected chi connectivity index (χ1v) is 11.1. The highest BCUT2D eigenvalue weighted by molar-refractivity contribution is 7.98. The predicted octanol–water partition coefficient (Wildman–Crippen LogP) is 4.63. The molecule has 1 heterocycles. The highest BCUT2D eigenvalue weighted by Gasteiger charge is 2.28. The molecule has 1 N–H and O–H groups in total. The zero-order valence-corrected chi connectivity index (χ0v) is 17.1. The Morgan fingerprint density at radius 3 is 2.59 bits per heavy atom. The molecule has 4 nitrogen and oxygen atoms in total. The van der Waals surface area contributed by atoms with E-state index in [1.165, 1.54) is 5.56 Å². The number of anilines is 1. The van der Waals surface area contributed by atoms with E-state index in [2.05, 4.69) is 17.4 Å². The monoisotopic (exact) mass is 404 g/mol. The van der Waals surface area contributed by atoms with Crippen molar-refractivity contribution in [2.75, 3.05) is 23.7 Å². The van der Waals surface area contributed by atoms with Gasteiger partial charge in [0.1, 0.15) is 0 Å². The van der Waals surface area contributed by atoms with Crippen molar-refractivity contribution in [1.82, 2.24) is 5.32 Å². The van der Waals surface area contributed by atoms with Gasteiger partial charge in [0.05, 0.1) is 5.69 Å². The molecule has 0 fully saturated rings. The fraction of sp³-hybridized carbons (Fsp3) is 0.250. The van der Waals surface area contributed by atoms with Crippen molar-refractivity contribution in [2.45, 2.75) is 18.6 Å². The lowest BCUT2D eigenvalue weighted by Crippen LogP contribution is -2.30. The summed E-state index contributed by atoms with van der Waals surface area (Å²) < 4.78 is 0. The maximum absolute atomic E-state index is 12.7. The first-order valence-electron chi connectivity index (χ1n) is 9.96. The van der Waals surface area contributed by atoms with Gasteiger partial charge in [-0.15, -0.1) is 0 Å². The molecule has 2 amide bonds. The van der Waals surface area contributed by atoms with E-state index in [0.29, 0.717) is 25.9 Å². The van der Waals surface area contributed by atoms with E-state index >= 15 is 0 Å². The molecule has 1 aliphatic rings. The Balaban J connectivity index is 1.19. The number of thioether (sulfide) groups is 1. The lowest BCUT2D eigenvalue weighted by molar-refractivity contribution is -0.121. The van der Waals surface area contributed by atoms with Gasteiger partial charge in [-0.3, -0.25) is 9.59 Å². The van der Waals surface area contributed by atoms with Gasteiger partial charge in [-0.1, -0.05) is 54.6 Å². The number of amides is 2. The first-order chi connectivity index (χ1) is 14.2. The van der Waals surface area contributed by atoms with Crippen molar-refractivity contribution in [3.05, 3.63) is 77.9 Å². The van der Waals surface area contributed by atoms with Crippen molar-refractivity contribution in [1.29, 1.82) is 0 Å². The molecule has 3 aromatic carbocycles. The van der Waals surface area contributed by atoms with E-state index in [0.717, 1.165) is 33.5 Å². The summed E-state index contributed by atoms with van der Waals surface area (Å²) in [6.45, 7) is 1.23. The van der Waals surface area contributed by atoms with Crippen LogP contribution in [0.1, 0.15) is 28.8 Å². The summed E-state index contributed by atoms with van der Waals surface area (Å²) >= 11 is 1.82. The highest BCUT2D eigenvalue weighted by Crippen LogP contribution is 2.37. The normalized spacial score (nSPS) is 12.6. The molecule has 0 radical (unpaired) electrons. The van der Waals surface area contributed by atoms with Crippen LogP contribution in [0.25, 0.3) is 10.8 Å². The molecule has 0 aromatic heterocycles. The molecule has 0 saturated carbocycles. The van der Waals surface area contributed by atoms with E-state index in [4.69, 9.17) is 0 Å². The van der Waals surface area contributed by atoms with Crippen LogP contribution in [0.3, 0.4) is 0 Å². The SMILES string of the molecule is O=C(CCCN1C(=O)c2cccc3cccc1c23)NCCSCc1ccccc1. The zero-order chi connectivity index (χ0) is 20.1. The molecule has 4 rings (SSSR count). The molecule has 0 unspecified atom stereocenters. The van der Waals surface area contributed by atoms with Crippen LogP contribution in [0.4, 0.5) is 5.69 Å². The number of rotatable bonds is 9. The van der Waals surface area contributed by atoms with Crippen molar-refractivity contribution < 1.29 is 9.59 Å². The molecule has 5 heteroatoms. The predicted molar refractivity (Wildman–Crippen MR) is 120 cm³/mol. The Morgan fingerprint density at radius 1 is 0.966 bits per heavy atom. The van der Waals surface area contributed by atoms with Gasteiger partial charge in [0.25, 0.3) is 5.91 Å². The number of hydrogen-bond acceptors (Lipinski definition) is 3. The zero-order valence-electron chi connectivity index (χ0n) is 16.3. The minimum Gasteiger partial charge on any atom is -0.355 e. The third kappa shape index (κ3) is 4.46. The van der Waals surface area contributed by atoms with Crippen LogP contribution in [0.15, 0.2) is 66.7 Å². The minimum atomic E-state index is 0.0366. The molecule has 1 aliphatic heterocycles. The smallest absolute Gasteiger partial charge is 0.258 e. The maximum Gasteiger partial charge on any atom is 0.258 e. The van der Waals surface area contributed by atoms with E-state index in [1.807, 2.05) is 66.4 Å². The molecule has 148 valence electrons. The summed E-state index contributed by atoms with van der Waals surface area (Å²) in [4.78, 5) is 26.7. The van der Waals surface area contributed by atoms with Crippen LogP contribution in [0.5, 0.6) is 0 Å². The third-order valence-electron chi connectivity index (χ3n) is 5.11. The first kappa shape index (κ1) is 19.5. The molecule has 0 saturated heterocycles. The number of carbonyl (C=O) groups excluding carboxylic acids is 2. The molecule has 0 spiro atoms. The topological polar surface area (TPSA) is 49.4 Å². The lowest BCUT2D eigenvalue weighted by Gasteiger charge is -2.17. The summed E-state index contributed by atoms with van der Waals surface area (Å²) in [5.41, 5.74) is 3.02. The molecule has 29 heavy (non-hydrogen) atoms. The summed E-state index contributed by atoms with van der Waals surface area (Å²) in [6, 6.07) is 22.2. The molecule has 0 atom stereocenters. The molecule has 0 bridgehead atoms. The largest absolute Gasteiger partial charge is 0.355 e. The van der Waals surface area contributed by atoms with Crippen LogP contribution >= 0.6 is 11.8 Å². The van der Waals surface area contributed by atoms with Gasteiger partial charge in [-0.05, 0) is 29.5 Å². The number of nitrogens with zero attached hydrogens (tertiary/aromatic N) is 1. The minimum absolute atomic E-state index is 0.0366. The average molecular weight is 405 g/mol. The Kier molecular flexibility index (Phi) is 6.15. The molecular weight excluding hydrogens is 380 g/mol. The Labute approximate surface area is 175 Å². The second-order valence-electron chi connectivity index (χ2n) is 7.13. The summed E-state index contributed by atoms with van der Waals surface area (Å²) in [7, 11) is 0. The average Bonchev–Trinajstić information content (AvgIpc) is 3.02. The van der Waals surface area contributed by atoms with Crippen LogP contribution in [0, 0.1) is 0 Å². The molecular formula is C24H24N2O2S. The highest BCUT2D eigenvalue weighted by atomic mass is 32.2. The van der Waals surface area contributed by atoms with Gasteiger partial charge in [-0.2, -0.15) is 11.8 Å². The summed E-state index contributed by atoms with van der Waals surface area (Å²) in [5.74, 6) is 1.94. The fourth-order valence-electron chi connectivity index (χ4n) is 3.71. The van der Waals surface area contributed by atoms with Crippen LogP contribution in [-0.4, -0.2) is 30.7 Å². The van der Waals surface area contributed by atoms with Crippen LogP contribution in [0.2, 0.25) is 0 Å². The summed E-state index contributed by atoms with van der Waals surface area (Å²) in [6.07, 6.45) is 1.08.